The molecule has 7 nitrogen and oxygen atoms in total. The van der Waals surface area contributed by atoms with Gasteiger partial charge in [0.15, 0.2) is 5.78 Å². The summed E-state index contributed by atoms with van der Waals surface area (Å²) in [6.07, 6.45) is 3.57. The number of aliphatic hydroxyl groups excluding tert-OH is 1. The first kappa shape index (κ1) is 27.4. The summed E-state index contributed by atoms with van der Waals surface area (Å²) in [5.41, 5.74) is 1.73. The van der Waals surface area contributed by atoms with Gasteiger partial charge in [0.05, 0.1) is 17.1 Å². The lowest BCUT2D eigenvalue weighted by Gasteiger charge is -2.43. The molecule has 0 aliphatic heterocycles. The van der Waals surface area contributed by atoms with Crippen LogP contribution < -0.4 is 5.32 Å². The summed E-state index contributed by atoms with van der Waals surface area (Å²) in [4.78, 5) is 35.2. The van der Waals surface area contributed by atoms with Crippen LogP contribution in [-0.4, -0.2) is 39.9 Å². The lowest BCUT2D eigenvalue weighted by atomic mass is 9.63. The van der Waals surface area contributed by atoms with Gasteiger partial charge in [-0.3, -0.25) is 9.59 Å². The van der Waals surface area contributed by atoms with Gasteiger partial charge in [-0.05, 0) is 79.4 Å². The number of aromatic nitrogens is 2. The first-order valence-electron chi connectivity index (χ1n) is 13.5. The predicted molar refractivity (Wildman–Crippen MR) is 153 cm³/mol. The van der Waals surface area contributed by atoms with Crippen molar-refractivity contribution in [2.45, 2.75) is 37.7 Å². The number of rotatable bonds is 7. The maximum atomic E-state index is 16.4. The highest BCUT2D eigenvalue weighted by molar-refractivity contribution is 6.12. The Hall–Kier alpha value is -4.76. The normalized spacial score (nSPS) is 18.1. The molecule has 2 N–H and O–H groups in total. The predicted octanol–water partition coefficient (Wildman–Crippen LogP) is 6.17. The maximum absolute atomic E-state index is 16.4. The number of aliphatic hydroxyl groups is 1. The number of nitrogens with one attached hydrogen (secondary N) is 1. The Kier molecular flexibility index (Phi) is 6.90. The minimum absolute atomic E-state index is 0.00307. The van der Waals surface area contributed by atoms with Crippen LogP contribution in [0.1, 0.15) is 51.4 Å². The van der Waals surface area contributed by atoms with Crippen LogP contribution in [0, 0.1) is 18.6 Å². The summed E-state index contributed by atoms with van der Waals surface area (Å²) < 4.78 is 35.9. The molecule has 6 rings (SSSR count). The third kappa shape index (κ3) is 4.65. The highest BCUT2D eigenvalue weighted by Gasteiger charge is 2.48. The highest BCUT2D eigenvalue weighted by atomic mass is 19.1. The van der Waals surface area contributed by atoms with Crippen LogP contribution in [0.4, 0.5) is 8.78 Å². The van der Waals surface area contributed by atoms with Crippen LogP contribution in [0.5, 0.6) is 0 Å². The molecule has 5 aromatic rings. The maximum Gasteiger partial charge on any atom is 0.255 e. The minimum atomic E-state index is -0.674. The van der Waals surface area contributed by atoms with Gasteiger partial charge in [-0.2, -0.15) is 0 Å². The van der Waals surface area contributed by atoms with E-state index in [0.717, 1.165) is 5.56 Å². The largest absolute Gasteiger partial charge is 0.455 e. The van der Waals surface area contributed by atoms with E-state index in [2.05, 4.69) is 15.3 Å². The second kappa shape index (κ2) is 10.6. The average molecular weight is 568 g/mol. The summed E-state index contributed by atoms with van der Waals surface area (Å²) in [5, 5.41) is 12.6. The zero-order valence-electron chi connectivity index (χ0n) is 22.9. The fourth-order valence-electron chi connectivity index (χ4n) is 5.82. The molecule has 1 amide bonds. The number of Topliss-reactive ketones (excluding diaryl/α,β-unsaturated/α-hetero) is 1. The Morgan fingerprint density at radius 2 is 1.74 bits per heavy atom. The third-order valence-electron chi connectivity index (χ3n) is 7.99. The molecule has 1 fully saturated rings. The van der Waals surface area contributed by atoms with Gasteiger partial charge in [-0.15, -0.1) is 0 Å². The van der Waals surface area contributed by atoms with E-state index in [1.165, 1.54) is 31.3 Å². The third-order valence-corrected chi connectivity index (χ3v) is 7.99. The summed E-state index contributed by atoms with van der Waals surface area (Å²) in [6, 6.07) is 15.3. The number of furan rings is 1. The molecule has 1 aliphatic rings. The van der Waals surface area contributed by atoms with Crippen molar-refractivity contribution >= 4 is 22.7 Å². The van der Waals surface area contributed by atoms with E-state index in [-0.39, 0.29) is 40.1 Å². The molecule has 0 spiro atoms. The van der Waals surface area contributed by atoms with Gasteiger partial charge >= 0.3 is 0 Å². The first-order chi connectivity index (χ1) is 20.2. The molecule has 1 aliphatic carbocycles. The van der Waals surface area contributed by atoms with Crippen molar-refractivity contribution in [2.24, 2.45) is 0 Å². The average Bonchev–Trinajstić information content (AvgIpc) is 3.38. The monoisotopic (exact) mass is 567 g/mol. The van der Waals surface area contributed by atoms with Gasteiger partial charge in [-0.1, -0.05) is 12.1 Å². The lowest BCUT2D eigenvalue weighted by Crippen LogP contribution is -2.47. The van der Waals surface area contributed by atoms with Gasteiger partial charge in [0.1, 0.15) is 28.8 Å². The van der Waals surface area contributed by atoms with E-state index in [1.54, 1.807) is 48.8 Å². The fraction of sp³-hybridized carbons (Fsp3) is 0.212. The molecule has 2 aromatic heterocycles. The number of carbonyl (C=O) groups is 2. The van der Waals surface area contributed by atoms with Crippen molar-refractivity contribution in [3.8, 4) is 22.5 Å². The van der Waals surface area contributed by atoms with Crippen LogP contribution in [0.2, 0.25) is 0 Å². The number of hydrogen-bond donors (Lipinski definition) is 2. The molecule has 0 bridgehead atoms. The molecule has 0 unspecified atom stereocenters. The number of aryl methyl sites for hydroxylation is 1. The van der Waals surface area contributed by atoms with Crippen LogP contribution in [0.25, 0.3) is 33.4 Å². The molecular formula is C33H27F2N3O4. The van der Waals surface area contributed by atoms with Crippen molar-refractivity contribution in [1.29, 1.82) is 0 Å². The second-order valence-corrected chi connectivity index (χ2v) is 10.7. The Morgan fingerprint density at radius 3 is 2.40 bits per heavy atom. The SMILES string of the molecule is CNC(=O)c1c(-c2ccc(F)cc2)oc2ccc(-c3cc(C(=O)CC4(c5ncccn5)CC(O)C4)ccc3C)c(F)c12. The lowest BCUT2D eigenvalue weighted by molar-refractivity contribution is 0.0103. The van der Waals surface area contributed by atoms with Gasteiger partial charge in [0, 0.05) is 48.0 Å². The molecule has 212 valence electrons. The van der Waals surface area contributed by atoms with Crippen LogP contribution in [-0.2, 0) is 5.41 Å². The van der Waals surface area contributed by atoms with E-state index in [0.29, 0.717) is 35.4 Å². The molecular weight excluding hydrogens is 540 g/mol. The van der Waals surface area contributed by atoms with Gasteiger partial charge in [0.2, 0.25) is 0 Å². The topological polar surface area (TPSA) is 105 Å². The molecule has 1 saturated carbocycles. The van der Waals surface area contributed by atoms with Gasteiger partial charge in [0.25, 0.3) is 5.91 Å². The quantitative estimate of drug-likeness (QED) is 0.228. The molecule has 0 saturated heterocycles. The summed E-state index contributed by atoms with van der Waals surface area (Å²) in [7, 11) is 1.44. The van der Waals surface area contributed by atoms with E-state index >= 15 is 4.39 Å². The smallest absolute Gasteiger partial charge is 0.255 e. The van der Waals surface area contributed by atoms with E-state index in [1.807, 2.05) is 6.92 Å². The van der Waals surface area contributed by atoms with Crippen molar-refractivity contribution in [1.82, 2.24) is 15.3 Å². The van der Waals surface area contributed by atoms with Crippen molar-refractivity contribution in [3.05, 3.63) is 107 Å². The first-order valence-corrected chi connectivity index (χ1v) is 13.5. The van der Waals surface area contributed by atoms with Crippen LogP contribution >= 0.6 is 0 Å². The molecule has 3 aromatic carbocycles. The second-order valence-electron chi connectivity index (χ2n) is 10.7. The van der Waals surface area contributed by atoms with Crippen LogP contribution in [0.15, 0.2) is 77.5 Å². The van der Waals surface area contributed by atoms with Crippen molar-refractivity contribution in [2.75, 3.05) is 7.05 Å². The number of amides is 1. The zero-order chi connectivity index (χ0) is 29.6. The Labute approximate surface area is 240 Å². The van der Waals surface area contributed by atoms with E-state index < -0.39 is 29.1 Å². The Morgan fingerprint density at radius 1 is 1.02 bits per heavy atom. The molecule has 2 heterocycles. The minimum Gasteiger partial charge on any atom is -0.455 e. The summed E-state index contributed by atoms with van der Waals surface area (Å²) in [5.74, 6) is -1.22. The Bertz CT molecular complexity index is 1830. The fourth-order valence-corrected chi connectivity index (χ4v) is 5.82. The number of halogens is 2. The molecule has 42 heavy (non-hydrogen) atoms. The number of carbonyl (C=O) groups excluding carboxylic acids is 2. The van der Waals surface area contributed by atoms with Crippen molar-refractivity contribution < 1.29 is 27.9 Å². The number of hydrogen-bond acceptors (Lipinski definition) is 6. The summed E-state index contributed by atoms with van der Waals surface area (Å²) >= 11 is 0. The Balaban J connectivity index is 1.42. The van der Waals surface area contributed by atoms with E-state index in [4.69, 9.17) is 4.42 Å². The van der Waals surface area contributed by atoms with E-state index in [9.17, 15) is 19.1 Å². The number of nitrogens with zero attached hydrogens (tertiary/aromatic N) is 2. The number of fused-ring (bicyclic) bond motifs is 1. The number of benzene rings is 3. The molecule has 0 radical (unpaired) electrons. The van der Waals surface area contributed by atoms with Crippen molar-refractivity contribution in [3.63, 3.8) is 0 Å². The summed E-state index contributed by atoms with van der Waals surface area (Å²) in [6.45, 7) is 1.81. The zero-order valence-corrected chi connectivity index (χ0v) is 22.9. The van der Waals surface area contributed by atoms with Crippen LogP contribution in [0.3, 0.4) is 0 Å². The molecule has 9 heteroatoms. The number of ketones is 1. The standard InChI is InChI=1S/C33H27F2N3O4/c1-18-4-5-20(25(40)17-33(15-22(39)16-33)32-37-12-3-13-38-32)14-24(18)23-10-11-26-27(29(23)35)28(31(41)36-2)30(42-26)19-6-8-21(34)9-7-19/h3-14,22,39H,15-17H2,1-2H3,(H,36,41). The molecule has 0 atom stereocenters. The van der Waals surface area contributed by atoms with Gasteiger partial charge in [-0.25, -0.2) is 18.7 Å². The van der Waals surface area contributed by atoms with Gasteiger partial charge < -0.3 is 14.8 Å². The highest BCUT2D eigenvalue weighted by Crippen LogP contribution is 2.46.